The number of esters is 1. The lowest BCUT2D eigenvalue weighted by atomic mass is 10.2. The number of aliphatic imine (C=N–C) groups is 1. The highest BCUT2D eigenvalue weighted by Gasteiger charge is 2.22. The number of thioether (sulfide) groups is 2. The summed E-state index contributed by atoms with van der Waals surface area (Å²) in [6.07, 6.45) is 1.67. The average Bonchev–Trinajstić information content (AvgIpc) is 2.73. The van der Waals surface area contributed by atoms with Crippen LogP contribution in [0.3, 0.4) is 0 Å². The SMILES string of the molecule is CCSC1=N/C(=C\c2ccc(OC(C)=O)c(Cl)c2)C(=O)S1. The zero-order chi connectivity index (χ0) is 15.4. The highest BCUT2D eigenvalue weighted by Crippen LogP contribution is 2.32. The van der Waals surface area contributed by atoms with Gasteiger partial charge in [0.1, 0.15) is 15.8 Å². The first-order chi connectivity index (χ1) is 9.99. The van der Waals surface area contributed by atoms with Gasteiger partial charge in [-0.15, -0.1) is 0 Å². The van der Waals surface area contributed by atoms with Crippen molar-refractivity contribution >= 4 is 56.7 Å². The summed E-state index contributed by atoms with van der Waals surface area (Å²) in [6.45, 7) is 3.32. The summed E-state index contributed by atoms with van der Waals surface area (Å²) in [7, 11) is 0. The molecule has 0 aliphatic carbocycles. The van der Waals surface area contributed by atoms with Crippen LogP contribution in [0, 0.1) is 0 Å². The second-order valence-corrected chi connectivity index (χ2v) is 6.89. The summed E-state index contributed by atoms with van der Waals surface area (Å²) in [4.78, 5) is 27.0. The van der Waals surface area contributed by atoms with Gasteiger partial charge in [-0.05, 0) is 41.3 Å². The highest BCUT2D eigenvalue weighted by atomic mass is 35.5. The van der Waals surface area contributed by atoms with Crippen molar-refractivity contribution in [2.45, 2.75) is 13.8 Å². The average molecular weight is 342 g/mol. The summed E-state index contributed by atoms with van der Waals surface area (Å²) < 4.78 is 5.71. The summed E-state index contributed by atoms with van der Waals surface area (Å²) in [5, 5.41) is 0.232. The number of benzene rings is 1. The first-order valence-electron chi connectivity index (χ1n) is 6.13. The number of nitrogens with zero attached hydrogens (tertiary/aromatic N) is 1. The van der Waals surface area contributed by atoms with Crippen LogP contribution in [0.15, 0.2) is 28.9 Å². The van der Waals surface area contributed by atoms with Crippen LogP contribution in [0.2, 0.25) is 5.02 Å². The van der Waals surface area contributed by atoms with Gasteiger partial charge in [0.25, 0.3) is 0 Å². The Morgan fingerprint density at radius 1 is 1.52 bits per heavy atom. The molecule has 4 nitrogen and oxygen atoms in total. The van der Waals surface area contributed by atoms with E-state index in [0.717, 1.165) is 27.5 Å². The van der Waals surface area contributed by atoms with Crippen molar-refractivity contribution in [2.24, 2.45) is 4.99 Å². The lowest BCUT2D eigenvalue weighted by Crippen LogP contribution is -2.01. The quantitative estimate of drug-likeness (QED) is 0.472. The minimum atomic E-state index is -0.434. The van der Waals surface area contributed by atoms with Crippen molar-refractivity contribution in [1.29, 1.82) is 0 Å². The van der Waals surface area contributed by atoms with Gasteiger partial charge in [-0.25, -0.2) is 4.99 Å². The predicted molar refractivity (Wildman–Crippen MR) is 88.9 cm³/mol. The number of ether oxygens (including phenoxy) is 1. The molecule has 110 valence electrons. The molecule has 1 aromatic carbocycles. The Hall–Kier alpha value is -1.24. The smallest absolute Gasteiger partial charge is 0.308 e. The van der Waals surface area contributed by atoms with Gasteiger partial charge in [0.05, 0.1) is 5.02 Å². The van der Waals surface area contributed by atoms with Crippen molar-refractivity contribution in [3.8, 4) is 5.75 Å². The number of carbonyl (C=O) groups is 2. The third-order valence-electron chi connectivity index (χ3n) is 2.38. The van der Waals surface area contributed by atoms with Crippen LogP contribution in [0.1, 0.15) is 19.4 Å². The maximum absolute atomic E-state index is 11.8. The lowest BCUT2D eigenvalue weighted by molar-refractivity contribution is -0.131. The van der Waals surface area contributed by atoms with Gasteiger partial charge in [0.15, 0.2) is 0 Å². The molecule has 21 heavy (non-hydrogen) atoms. The van der Waals surface area contributed by atoms with E-state index < -0.39 is 5.97 Å². The van der Waals surface area contributed by atoms with E-state index in [1.807, 2.05) is 6.92 Å². The molecule has 0 fully saturated rings. The largest absolute Gasteiger partial charge is 0.425 e. The Bertz CT molecular complexity index is 656. The molecular formula is C14H12ClNO3S2. The third kappa shape index (κ3) is 4.36. The van der Waals surface area contributed by atoms with Crippen molar-refractivity contribution in [2.75, 3.05) is 5.75 Å². The standard InChI is InChI=1S/C14H12ClNO3S2/c1-3-20-14-16-11(13(18)21-14)7-9-4-5-12(10(15)6-9)19-8(2)17/h4-7H,3H2,1-2H3/b11-7-. The molecule has 1 aromatic rings. The fraction of sp³-hybridized carbons (Fsp3) is 0.214. The van der Waals surface area contributed by atoms with E-state index >= 15 is 0 Å². The summed E-state index contributed by atoms with van der Waals surface area (Å²) in [5.41, 5.74) is 1.12. The van der Waals surface area contributed by atoms with E-state index in [4.69, 9.17) is 16.3 Å². The highest BCUT2D eigenvalue weighted by molar-refractivity contribution is 8.45. The summed E-state index contributed by atoms with van der Waals surface area (Å²) in [6, 6.07) is 4.94. The molecular weight excluding hydrogens is 330 g/mol. The van der Waals surface area contributed by atoms with Crippen LogP contribution in [0.4, 0.5) is 0 Å². The molecule has 0 saturated carbocycles. The first kappa shape index (κ1) is 16.1. The van der Waals surface area contributed by atoms with Gasteiger partial charge in [-0.1, -0.05) is 36.4 Å². The monoisotopic (exact) mass is 341 g/mol. The molecule has 7 heteroatoms. The van der Waals surface area contributed by atoms with E-state index in [-0.39, 0.29) is 5.12 Å². The zero-order valence-electron chi connectivity index (χ0n) is 11.4. The summed E-state index contributed by atoms with van der Waals surface area (Å²) in [5.74, 6) is 0.732. The Morgan fingerprint density at radius 3 is 2.90 bits per heavy atom. The molecule has 0 atom stereocenters. The molecule has 0 amide bonds. The van der Waals surface area contributed by atoms with E-state index in [2.05, 4.69) is 4.99 Å². The Kier molecular flexibility index (Phi) is 5.50. The third-order valence-corrected chi connectivity index (χ3v) is 4.57. The van der Waals surface area contributed by atoms with Crippen LogP contribution >= 0.6 is 35.1 Å². The van der Waals surface area contributed by atoms with E-state index in [1.165, 1.54) is 18.7 Å². The van der Waals surface area contributed by atoms with Crippen LogP contribution in [0.25, 0.3) is 6.08 Å². The van der Waals surface area contributed by atoms with Gasteiger partial charge < -0.3 is 4.74 Å². The van der Waals surface area contributed by atoms with Gasteiger partial charge in [0.2, 0.25) is 5.12 Å². The van der Waals surface area contributed by atoms with Crippen LogP contribution in [0.5, 0.6) is 5.75 Å². The Labute approximate surface area is 136 Å². The maximum atomic E-state index is 11.8. The zero-order valence-corrected chi connectivity index (χ0v) is 13.8. The second kappa shape index (κ2) is 7.15. The Morgan fingerprint density at radius 2 is 2.29 bits per heavy atom. The minimum absolute atomic E-state index is 0.0777. The van der Waals surface area contributed by atoms with Crippen LogP contribution < -0.4 is 4.74 Å². The second-order valence-electron chi connectivity index (χ2n) is 4.01. The molecule has 0 spiro atoms. The van der Waals surface area contributed by atoms with Crippen molar-refractivity contribution < 1.29 is 14.3 Å². The summed E-state index contributed by atoms with van der Waals surface area (Å²) >= 11 is 8.71. The number of hydrogen-bond donors (Lipinski definition) is 0. The lowest BCUT2D eigenvalue weighted by Gasteiger charge is -2.04. The molecule has 0 N–H and O–H groups in total. The van der Waals surface area contributed by atoms with Gasteiger partial charge in [-0.3, -0.25) is 9.59 Å². The fourth-order valence-electron chi connectivity index (χ4n) is 1.58. The number of hydrogen-bond acceptors (Lipinski definition) is 6. The normalized spacial score (nSPS) is 16.2. The fourth-order valence-corrected chi connectivity index (χ4v) is 3.54. The van der Waals surface area contributed by atoms with Crippen LogP contribution in [-0.2, 0) is 9.59 Å². The molecule has 2 rings (SSSR count). The molecule has 1 heterocycles. The molecule has 1 aliphatic rings. The van der Waals surface area contributed by atoms with E-state index in [0.29, 0.717) is 16.5 Å². The first-order valence-corrected chi connectivity index (χ1v) is 8.31. The molecule has 0 radical (unpaired) electrons. The molecule has 0 bridgehead atoms. The number of carbonyl (C=O) groups excluding carboxylic acids is 2. The van der Waals surface area contributed by atoms with Crippen LogP contribution in [-0.4, -0.2) is 21.2 Å². The maximum Gasteiger partial charge on any atom is 0.308 e. The van der Waals surface area contributed by atoms with Crippen molar-refractivity contribution in [3.63, 3.8) is 0 Å². The molecule has 0 saturated heterocycles. The minimum Gasteiger partial charge on any atom is -0.425 e. The number of rotatable bonds is 3. The predicted octanol–water partition coefficient (Wildman–Crippen LogP) is 3.99. The van der Waals surface area contributed by atoms with Gasteiger partial charge in [-0.2, -0.15) is 0 Å². The van der Waals surface area contributed by atoms with Gasteiger partial charge >= 0.3 is 5.97 Å². The Balaban J connectivity index is 2.23. The van der Waals surface area contributed by atoms with Crippen molar-refractivity contribution in [3.05, 3.63) is 34.5 Å². The topological polar surface area (TPSA) is 55.7 Å². The molecule has 0 unspecified atom stereocenters. The van der Waals surface area contributed by atoms with E-state index in [1.54, 1.807) is 24.3 Å². The van der Waals surface area contributed by atoms with E-state index in [9.17, 15) is 9.59 Å². The molecule has 0 aromatic heterocycles. The number of halogens is 1. The molecule has 1 aliphatic heterocycles. The van der Waals surface area contributed by atoms with Crippen molar-refractivity contribution in [1.82, 2.24) is 0 Å². The van der Waals surface area contributed by atoms with Gasteiger partial charge in [0, 0.05) is 6.92 Å².